The Kier molecular flexibility index (Phi) is 3.33. The van der Waals surface area contributed by atoms with Crippen LogP contribution in [0.3, 0.4) is 0 Å². The first-order valence-corrected chi connectivity index (χ1v) is 4.02. The zero-order valence-electron chi connectivity index (χ0n) is 7.61. The molecule has 0 aliphatic rings. The third kappa shape index (κ3) is 3.34. The van der Waals surface area contributed by atoms with Crippen LogP contribution in [0.1, 0.15) is 5.56 Å². The maximum Gasteiger partial charge on any atom is 0.253 e. The second-order valence-corrected chi connectivity index (χ2v) is 2.90. The van der Waals surface area contributed by atoms with Gasteiger partial charge in [0, 0.05) is 12.5 Å². The number of allylic oxidation sites excluding steroid dienone is 1. The van der Waals surface area contributed by atoms with Crippen LogP contribution in [-0.4, -0.2) is 4.92 Å². The molecule has 1 aromatic rings. The molecule has 0 aliphatic carbocycles. The molecule has 0 saturated carbocycles. The molecular formula is C9H8F2N2O2. The maximum absolute atomic E-state index is 13.1. The van der Waals surface area contributed by atoms with Gasteiger partial charge < -0.3 is 5.73 Å². The molecule has 0 amide bonds. The van der Waals surface area contributed by atoms with Crippen molar-refractivity contribution in [2.75, 3.05) is 0 Å². The number of nitrogens with zero attached hydrogens (tertiary/aromatic N) is 1. The second kappa shape index (κ2) is 4.50. The molecule has 0 aliphatic heterocycles. The first-order chi connectivity index (χ1) is 6.99. The van der Waals surface area contributed by atoms with Gasteiger partial charge in [-0.05, 0) is 11.6 Å². The Labute approximate surface area is 84.2 Å². The summed E-state index contributed by atoms with van der Waals surface area (Å²) < 4.78 is 25.6. The summed E-state index contributed by atoms with van der Waals surface area (Å²) in [6, 6.07) is 2.97. The predicted molar refractivity (Wildman–Crippen MR) is 49.3 cm³/mol. The van der Waals surface area contributed by atoms with Crippen molar-refractivity contribution in [3.05, 3.63) is 57.4 Å². The van der Waals surface area contributed by atoms with Crippen LogP contribution in [-0.2, 0) is 6.42 Å². The summed E-state index contributed by atoms with van der Waals surface area (Å²) in [5.41, 5.74) is 5.30. The number of halogens is 2. The van der Waals surface area contributed by atoms with Crippen LogP contribution in [0.4, 0.5) is 8.78 Å². The van der Waals surface area contributed by atoms with Gasteiger partial charge in [0.1, 0.15) is 11.6 Å². The fourth-order valence-electron chi connectivity index (χ4n) is 1.07. The van der Waals surface area contributed by atoms with E-state index in [1.807, 2.05) is 0 Å². The summed E-state index contributed by atoms with van der Waals surface area (Å²) in [4.78, 5) is 9.31. The van der Waals surface area contributed by atoms with Crippen molar-refractivity contribution >= 4 is 0 Å². The van der Waals surface area contributed by atoms with E-state index < -0.39 is 16.6 Å². The van der Waals surface area contributed by atoms with E-state index in [1.165, 1.54) is 6.07 Å². The lowest BCUT2D eigenvalue weighted by Gasteiger charge is -2.01. The third-order valence-electron chi connectivity index (χ3n) is 1.68. The SMILES string of the molecule is N/C(=C\[N+](=O)[O-])Cc1ccc(F)cc1F. The van der Waals surface area contributed by atoms with Gasteiger partial charge in [-0.15, -0.1) is 0 Å². The standard InChI is InChI=1S/C9H8F2N2O2/c10-7-2-1-6(9(11)4-7)3-8(12)5-13(14)15/h1-2,4-5H,3,12H2/b8-5-. The zero-order chi connectivity index (χ0) is 11.4. The number of hydrogen-bond donors (Lipinski definition) is 1. The van der Waals surface area contributed by atoms with E-state index in [2.05, 4.69) is 0 Å². The molecule has 0 bridgehead atoms. The van der Waals surface area contributed by atoms with Gasteiger partial charge >= 0.3 is 0 Å². The number of hydrogen-bond acceptors (Lipinski definition) is 3. The molecule has 0 radical (unpaired) electrons. The zero-order valence-corrected chi connectivity index (χ0v) is 7.61. The van der Waals surface area contributed by atoms with Crippen LogP contribution in [0, 0.1) is 21.7 Å². The third-order valence-corrected chi connectivity index (χ3v) is 1.68. The summed E-state index contributed by atoms with van der Waals surface area (Å²) in [6.45, 7) is 0. The van der Waals surface area contributed by atoms with Crippen LogP contribution in [0.2, 0.25) is 0 Å². The molecule has 15 heavy (non-hydrogen) atoms. The lowest BCUT2D eigenvalue weighted by Crippen LogP contribution is -2.05. The van der Waals surface area contributed by atoms with Crippen molar-refractivity contribution in [3.8, 4) is 0 Å². The minimum Gasteiger partial charge on any atom is -0.397 e. The van der Waals surface area contributed by atoms with E-state index in [-0.39, 0.29) is 17.7 Å². The van der Waals surface area contributed by atoms with Gasteiger partial charge in [-0.2, -0.15) is 0 Å². The van der Waals surface area contributed by atoms with Crippen molar-refractivity contribution in [1.29, 1.82) is 0 Å². The summed E-state index contributed by atoms with van der Waals surface area (Å²) in [5, 5.41) is 10.0. The highest BCUT2D eigenvalue weighted by Gasteiger charge is 2.06. The fraction of sp³-hybridized carbons (Fsp3) is 0.111. The fourth-order valence-corrected chi connectivity index (χ4v) is 1.07. The highest BCUT2D eigenvalue weighted by Crippen LogP contribution is 2.12. The van der Waals surface area contributed by atoms with Gasteiger partial charge in [0.15, 0.2) is 0 Å². The van der Waals surface area contributed by atoms with Gasteiger partial charge in [-0.25, -0.2) is 8.78 Å². The molecule has 0 saturated heterocycles. The van der Waals surface area contributed by atoms with E-state index in [0.717, 1.165) is 6.07 Å². The van der Waals surface area contributed by atoms with Crippen LogP contribution in [0.25, 0.3) is 0 Å². The summed E-state index contributed by atoms with van der Waals surface area (Å²) in [6.07, 6.45) is 0.468. The Hall–Kier alpha value is -1.98. The molecule has 0 aromatic heterocycles. The average molecular weight is 214 g/mol. The van der Waals surface area contributed by atoms with E-state index in [9.17, 15) is 18.9 Å². The Morgan fingerprint density at radius 3 is 2.73 bits per heavy atom. The van der Waals surface area contributed by atoms with Crippen LogP contribution < -0.4 is 5.73 Å². The summed E-state index contributed by atoms with van der Waals surface area (Å²) in [7, 11) is 0. The van der Waals surface area contributed by atoms with Gasteiger partial charge in [0.05, 0.1) is 10.6 Å². The molecule has 0 atom stereocenters. The first kappa shape index (κ1) is 11.1. The molecular weight excluding hydrogens is 206 g/mol. The lowest BCUT2D eigenvalue weighted by molar-refractivity contribution is -0.403. The number of benzene rings is 1. The molecule has 4 nitrogen and oxygen atoms in total. The highest BCUT2D eigenvalue weighted by atomic mass is 19.1. The van der Waals surface area contributed by atoms with Crippen molar-refractivity contribution in [1.82, 2.24) is 0 Å². The van der Waals surface area contributed by atoms with E-state index in [1.54, 1.807) is 0 Å². The minimum absolute atomic E-state index is 0.0921. The Bertz CT molecular complexity index is 419. The molecule has 0 heterocycles. The molecule has 1 aromatic carbocycles. The predicted octanol–water partition coefficient (Wildman–Crippen LogP) is 1.58. The molecule has 1 rings (SSSR count). The van der Waals surface area contributed by atoms with Crippen molar-refractivity contribution in [3.63, 3.8) is 0 Å². The minimum atomic E-state index is -0.769. The molecule has 80 valence electrons. The Morgan fingerprint density at radius 1 is 1.53 bits per heavy atom. The molecule has 6 heteroatoms. The monoisotopic (exact) mass is 214 g/mol. The Morgan fingerprint density at radius 2 is 2.20 bits per heavy atom. The quantitative estimate of drug-likeness (QED) is 0.613. The van der Waals surface area contributed by atoms with Crippen LogP contribution >= 0.6 is 0 Å². The topological polar surface area (TPSA) is 69.2 Å². The second-order valence-electron chi connectivity index (χ2n) is 2.90. The van der Waals surface area contributed by atoms with Gasteiger partial charge in [-0.1, -0.05) is 6.07 Å². The highest BCUT2D eigenvalue weighted by molar-refractivity contribution is 5.22. The van der Waals surface area contributed by atoms with Crippen molar-refractivity contribution < 1.29 is 13.7 Å². The summed E-state index contributed by atoms with van der Waals surface area (Å²) in [5.74, 6) is -1.47. The number of nitro groups is 1. The summed E-state index contributed by atoms with van der Waals surface area (Å²) >= 11 is 0. The van der Waals surface area contributed by atoms with Crippen molar-refractivity contribution in [2.45, 2.75) is 6.42 Å². The average Bonchev–Trinajstić information content (AvgIpc) is 2.08. The van der Waals surface area contributed by atoms with Gasteiger partial charge in [0.2, 0.25) is 0 Å². The van der Waals surface area contributed by atoms with Gasteiger partial charge in [-0.3, -0.25) is 10.1 Å². The van der Waals surface area contributed by atoms with Crippen LogP contribution in [0.5, 0.6) is 0 Å². The smallest absolute Gasteiger partial charge is 0.253 e. The first-order valence-electron chi connectivity index (χ1n) is 4.02. The normalized spacial score (nSPS) is 11.5. The van der Waals surface area contributed by atoms with Crippen molar-refractivity contribution in [2.24, 2.45) is 5.73 Å². The van der Waals surface area contributed by atoms with E-state index >= 15 is 0 Å². The molecule has 0 spiro atoms. The van der Waals surface area contributed by atoms with E-state index in [4.69, 9.17) is 5.73 Å². The number of nitrogens with two attached hydrogens (primary N) is 1. The van der Waals surface area contributed by atoms with E-state index in [0.29, 0.717) is 12.3 Å². The largest absolute Gasteiger partial charge is 0.397 e. The number of rotatable bonds is 3. The molecule has 0 fully saturated rings. The molecule has 0 unspecified atom stereocenters. The maximum atomic E-state index is 13.1. The van der Waals surface area contributed by atoms with Gasteiger partial charge in [0.25, 0.3) is 6.20 Å². The van der Waals surface area contributed by atoms with Crippen LogP contribution in [0.15, 0.2) is 30.1 Å². The Balaban J connectivity index is 2.86. The lowest BCUT2D eigenvalue weighted by atomic mass is 10.1. The molecule has 2 N–H and O–H groups in total.